The van der Waals surface area contributed by atoms with E-state index >= 15 is 0 Å². The van der Waals surface area contributed by atoms with Crippen LogP contribution in [0.1, 0.15) is 29.8 Å². The van der Waals surface area contributed by atoms with Crippen LogP contribution in [0.25, 0.3) is 5.65 Å². The van der Waals surface area contributed by atoms with Gasteiger partial charge in [-0.05, 0) is 37.5 Å². The average molecular weight is 308 g/mol. The zero-order valence-corrected chi connectivity index (χ0v) is 13.2. The van der Waals surface area contributed by atoms with Crippen LogP contribution in [-0.4, -0.2) is 21.1 Å². The van der Waals surface area contributed by atoms with Gasteiger partial charge in [-0.1, -0.05) is 30.3 Å². The van der Waals surface area contributed by atoms with Crippen molar-refractivity contribution in [3.8, 4) is 5.75 Å². The Kier molecular flexibility index (Phi) is 3.34. The molecule has 0 bridgehead atoms. The van der Waals surface area contributed by atoms with Crippen LogP contribution in [0.5, 0.6) is 5.75 Å². The van der Waals surface area contributed by atoms with Crippen molar-refractivity contribution in [2.75, 3.05) is 6.61 Å². The number of hydrogen-bond acceptors (Lipinski definition) is 3. The van der Waals surface area contributed by atoms with Gasteiger partial charge >= 0.3 is 0 Å². The van der Waals surface area contributed by atoms with Crippen LogP contribution in [0.15, 0.2) is 48.7 Å². The molecule has 1 aromatic carbocycles. The Hall–Kier alpha value is -2.33. The summed E-state index contributed by atoms with van der Waals surface area (Å²) in [6.07, 6.45) is 4.24. The molecule has 0 radical (unpaired) electrons. The molecule has 0 spiro atoms. The molecule has 0 saturated heterocycles. The lowest BCUT2D eigenvalue weighted by Gasteiger charge is -2.17. The van der Waals surface area contributed by atoms with Gasteiger partial charge in [0.05, 0.1) is 24.6 Å². The Morgan fingerprint density at radius 1 is 1.17 bits per heavy atom. The first-order chi connectivity index (χ1) is 11.2. The molecule has 1 fully saturated rings. The highest BCUT2D eigenvalue weighted by molar-refractivity contribution is 5.56. The Balaban J connectivity index is 1.62. The minimum Gasteiger partial charge on any atom is -0.489 e. The molecule has 4 nitrogen and oxygen atoms in total. The van der Waals surface area contributed by atoms with Crippen LogP contribution in [0.4, 0.5) is 0 Å². The van der Waals surface area contributed by atoms with E-state index in [1.165, 1.54) is 5.56 Å². The Morgan fingerprint density at radius 2 is 1.96 bits per heavy atom. The van der Waals surface area contributed by atoms with E-state index in [4.69, 9.17) is 4.74 Å². The maximum Gasteiger partial charge on any atom is 0.180 e. The summed E-state index contributed by atoms with van der Waals surface area (Å²) in [6.45, 7) is 2.55. The first kappa shape index (κ1) is 14.3. The smallest absolute Gasteiger partial charge is 0.180 e. The fraction of sp³-hybridized carbons (Fsp3) is 0.316. The third kappa shape index (κ3) is 2.39. The SMILES string of the molecule is Cc1nc2c(OCC3(c4ccccc4)CC3)cccn2c1CO. The lowest BCUT2D eigenvalue weighted by Crippen LogP contribution is -2.17. The Morgan fingerprint density at radius 3 is 2.65 bits per heavy atom. The number of aliphatic hydroxyl groups excluding tert-OH is 1. The third-order valence-corrected chi connectivity index (χ3v) is 4.81. The first-order valence-corrected chi connectivity index (χ1v) is 7.99. The molecule has 2 aromatic heterocycles. The largest absolute Gasteiger partial charge is 0.489 e. The van der Waals surface area contributed by atoms with Crippen LogP contribution >= 0.6 is 0 Å². The second-order valence-corrected chi connectivity index (χ2v) is 6.30. The minimum absolute atomic E-state index is 0.0234. The number of fused-ring (bicyclic) bond motifs is 1. The molecule has 0 atom stereocenters. The zero-order valence-electron chi connectivity index (χ0n) is 13.2. The van der Waals surface area contributed by atoms with Crippen molar-refractivity contribution < 1.29 is 9.84 Å². The summed E-state index contributed by atoms with van der Waals surface area (Å²) < 4.78 is 8.06. The molecule has 0 amide bonds. The van der Waals surface area contributed by atoms with E-state index in [1.807, 2.05) is 35.7 Å². The fourth-order valence-electron chi connectivity index (χ4n) is 3.18. The van der Waals surface area contributed by atoms with Crippen molar-refractivity contribution in [1.29, 1.82) is 0 Å². The summed E-state index contributed by atoms with van der Waals surface area (Å²) in [6, 6.07) is 14.5. The van der Waals surface area contributed by atoms with E-state index in [1.54, 1.807) is 0 Å². The monoisotopic (exact) mass is 308 g/mol. The molecule has 3 aromatic rings. The minimum atomic E-state index is -0.0234. The molecule has 23 heavy (non-hydrogen) atoms. The van der Waals surface area contributed by atoms with Gasteiger partial charge in [0.2, 0.25) is 0 Å². The number of imidazole rings is 1. The summed E-state index contributed by atoms with van der Waals surface area (Å²) in [5.41, 5.74) is 3.93. The van der Waals surface area contributed by atoms with Crippen LogP contribution in [0.3, 0.4) is 0 Å². The Labute approximate surface area is 135 Å². The predicted octanol–water partition coefficient (Wildman–Crippen LogP) is 3.25. The lowest BCUT2D eigenvalue weighted by molar-refractivity contribution is 0.273. The van der Waals surface area contributed by atoms with Gasteiger partial charge < -0.3 is 9.84 Å². The molecule has 1 saturated carbocycles. The number of aliphatic hydroxyl groups is 1. The van der Waals surface area contributed by atoms with E-state index in [2.05, 4.69) is 29.2 Å². The molecule has 4 heteroatoms. The molecule has 1 aliphatic carbocycles. The van der Waals surface area contributed by atoms with Gasteiger partial charge in [0.1, 0.15) is 0 Å². The van der Waals surface area contributed by atoms with Gasteiger partial charge in [-0.3, -0.25) is 4.40 Å². The first-order valence-electron chi connectivity index (χ1n) is 7.99. The van der Waals surface area contributed by atoms with Crippen molar-refractivity contribution in [3.05, 3.63) is 65.6 Å². The van der Waals surface area contributed by atoms with Gasteiger partial charge in [-0.25, -0.2) is 4.98 Å². The molecule has 1 aliphatic rings. The number of aromatic nitrogens is 2. The highest BCUT2D eigenvalue weighted by atomic mass is 16.5. The number of nitrogens with zero attached hydrogens (tertiary/aromatic N) is 2. The number of aryl methyl sites for hydroxylation is 1. The van der Waals surface area contributed by atoms with Crippen LogP contribution in [0, 0.1) is 6.92 Å². The topological polar surface area (TPSA) is 46.8 Å². The predicted molar refractivity (Wildman–Crippen MR) is 88.7 cm³/mol. The quantitative estimate of drug-likeness (QED) is 0.787. The van der Waals surface area contributed by atoms with Crippen molar-refractivity contribution >= 4 is 5.65 Å². The maximum atomic E-state index is 9.51. The normalized spacial score (nSPS) is 15.7. The van der Waals surface area contributed by atoms with Gasteiger partial charge in [0.15, 0.2) is 11.4 Å². The van der Waals surface area contributed by atoms with E-state index < -0.39 is 0 Å². The van der Waals surface area contributed by atoms with E-state index in [9.17, 15) is 5.11 Å². The maximum absolute atomic E-state index is 9.51. The molecular formula is C19H20N2O2. The summed E-state index contributed by atoms with van der Waals surface area (Å²) in [7, 11) is 0. The molecule has 0 unspecified atom stereocenters. The number of rotatable bonds is 5. The summed E-state index contributed by atoms with van der Waals surface area (Å²) >= 11 is 0. The van der Waals surface area contributed by atoms with Crippen molar-refractivity contribution in [3.63, 3.8) is 0 Å². The van der Waals surface area contributed by atoms with Crippen LogP contribution < -0.4 is 4.74 Å². The second-order valence-electron chi connectivity index (χ2n) is 6.30. The lowest BCUT2D eigenvalue weighted by atomic mass is 9.97. The number of ether oxygens (including phenoxy) is 1. The van der Waals surface area contributed by atoms with Crippen molar-refractivity contribution in [1.82, 2.24) is 9.38 Å². The third-order valence-electron chi connectivity index (χ3n) is 4.81. The summed E-state index contributed by atoms with van der Waals surface area (Å²) in [5.74, 6) is 0.775. The fourth-order valence-corrected chi connectivity index (χ4v) is 3.18. The molecule has 1 N–H and O–H groups in total. The van der Waals surface area contributed by atoms with Crippen LogP contribution in [0.2, 0.25) is 0 Å². The van der Waals surface area contributed by atoms with E-state index in [-0.39, 0.29) is 12.0 Å². The highest BCUT2D eigenvalue weighted by Gasteiger charge is 2.45. The molecule has 4 rings (SSSR count). The standard InChI is InChI=1S/C19H20N2O2/c1-14-16(12-22)21-11-5-8-17(18(21)20-14)23-13-19(9-10-19)15-6-3-2-4-7-15/h2-8,11,22H,9-10,12-13H2,1H3. The zero-order chi connectivity index (χ0) is 15.9. The number of benzene rings is 1. The Bertz CT molecular complexity index is 835. The van der Waals surface area contributed by atoms with Gasteiger partial charge in [-0.2, -0.15) is 0 Å². The number of pyridine rings is 1. The molecule has 2 heterocycles. The van der Waals surface area contributed by atoms with E-state index in [0.717, 1.165) is 35.6 Å². The van der Waals surface area contributed by atoms with Gasteiger partial charge in [-0.15, -0.1) is 0 Å². The second kappa shape index (κ2) is 5.39. The number of hydrogen-bond donors (Lipinski definition) is 1. The van der Waals surface area contributed by atoms with Crippen molar-refractivity contribution in [2.24, 2.45) is 0 Å². The van der Waals surface area contributed by atoms with Crippen molar-refractivity contribution in [2.45, 2.75) is 31.8 Å². The summed E-state index contributed by atoms with van der Waals surface area (Å²) in [4.78, 5) is 4.56. The van der Waals surface area contributed by atoms with E-state index in [0.29, 0.717) is 6.61 Å². The summed E-state index contributed by atoms with van der Waals surface area (Å²) in [5, 5.41) is 9.51. The average Bonchev–Trinajstić information content (AvgIpc) is 3.30. The highest BCUT2D eigenvalue weighted by Crippen LogP contribution is 2.48. The van der Waals surface area contributed by atoms with Gasteiger partial charge in [0.25, 0.3) is 0 Å². The molecule has 0 aliphatic heterocycles. The van der Waals surface area contributed by atoms with Crippen LogP contribution in [-0.2, 0) is 12.0 Å². The van der Waals surface area contributed by atoms with Gasteiger partial charge in [0, 0.05) is 11.6 Å². The molecular weight excluding hydrogens is 288 g/mol. The molecule has 118 valence electrons.